The molecule has 2 N–H and O–H groups in total. The van der Waals surface area contributed by atoms with Gasteiger partial charge < -0.3 is 24.8 Å². The van der Waals surface area contributed by atoms with E-state index in [1.165, 1.54) is 42.6 Å². The molecular formula is C20H11F3N4O4. The number of carbonyl (C=O) groups is 1. The number of pyridine rings is 1. The maximum Gasteiger partial charge on any atom is 0.586 e. The highest BCUT2D eigenvalue weighted by molar-refractivity contribution is 6.00. The van der Waals surface area contributed by atoms with Crippen molar-refractivity contribution in [3.05, 3.63) is 66.2 Å². The Bertz CT molecular complexity index is 1210. The Morgan fingerprint density at radius 1 is 1.03 bits per heavy atom. The number of nitrogens with one attached hydrogen (secondary N) is 2. The van der Waals surface area contributed by atoms with Crippen LogP contribution in [0.25, 0.3) is 0 Å². The topological polar surface area (TPSA) is 106 Å². The van der Waals surface area contributed by atoms with Gasteiger partial charge in [-0.15, -0.1) is 8.78 Å². The summed E-state index contributed by atoms with van der Waals surface area (Å²) in [5, 5.41) is 13.5. The smallest absolute Gasteiger partial charge is 0.457 e. The van der Waals surface area contributed by atoms with Crippen LogP contribution in [-0.2, 0) is 0 Å². The summed E-state index contributed by atoms with van der Waals surface area (Å²) in [5.74, 6) is -0.777. The number of nitriles is 1. The van der Waals surface area contributed by atoms with Gasteiger partial charge in [0.05, 0.1) is 5.69 Å². The van der Waals surface area contributed by atoms with Crippen LogP contribution >= 0.6 is 0 Å². The first-order valence-electron chi connectivity index (χ1n) is 8.63. The lowest BCUT2D eigenvalue weighted by atomic mass is 10.2. The van der Waals surface area contributed by atoms with E-state index in [1.54, 1.807) is 0 Å². The van der Waals surface area contributed by atoms with Crippen LogP contribution in [0.5, 0.6) is 23.0 Å². The summed E-state index contributed by atoms with van der Waals surface area (Å²) < 4.78 is 54.5. The highest BCUT2D eigenvalue weighted by atomic mass is 19.3. The largest absolute Gasteiger partial charge is 0.586 e. The highest BCUT2D eigenvalue weighted by Crippen LogP contribution is 2.42. The van der Waals surface area contributed by atoms with Crippen molar-refractivity contribution in [2.45, 2.75) is 6.29 Å². The fourth-order valence-electron chi connectivity index (χ4n) is 2.64. The molecular weight excluding hydrogens is 417 g/mol. The van der Waals surface area contributed by atoms with Gasteiger partial charge in [0, 0.05) is 30.1 Å². The Morgan fingerprint density at radius 3 is 2.58 bits per heavy atom. The molecule has 8 nitrogen and oxygen atoms in total. The van der Waals surface area contributed by atoms with Crippen molar-refractivity contribution in [3.8, 4) is 29.1 Å². The van der Waals surface area contributed by atoms with Crippen molar-refractivity contribution in [3.63, 3.8) is 0 Å². The molecule has 2 amide bonds. The first-order chi connectivity index (χ1) is 14.8. The van der Waals surface area contributed by atoms with E-state index in [0.29, 0.717) is 0 Å². The molecule has 2 heterocycles. The first-order valence-corrected chi connectivity index (χ1v) is 8.63. The third-order valence-corrected chi connectivity index (χ3v) is 3.93. The first kappa shape index (κ1) is 19.8. The van der Waals surface area contributed by atoms with Gasteiger partial charge >= 0.3 is 12.3 Å². The lowest BCUT2D eigenvalue weighted by molar-refractivity contribution is -0.286. The number of fused-ring (bicyclic) bond motifs is 1. The minimum Gasteiger partial charge on any atom is -0.457 e. The van der Waals surface area contributed by atoms with Crippen molar-refractivity contribution in [2.75, 3.05) is 10.6 Å². The van der Waals surface area contributed by atoms with Gasteiger partial charge in [-0.2, -0.15) is 5.26 Å². The van der Waals surface area contributed by atoms with Crippen LogP contribution < -0.4 is 24.8 Å². The van der Waals surface area contributed by atoms with Crippen molar-refractivity contribution in [2.24, 2.45) is 0 Å². The predicted octanol–water partition coefficient (Wildman–Crippen LogP) is 4.85. The lowest BCUT2D eigenvalue weighted by Gasteiger charge is -2.11. The van der Waals surface area contributed by atoms with Crippen LogP contribution in [0.15, 0.2) is 54.7 Å². The fourth-order valence-corrected chi connectivity index (χ4v) is 2.64. The number of nitrogens with zero attached hydrogens (tertiary/aromatic N) is 2. The molecule has 11 heteroatoms. The summed E-state index contributed by atoms with van der Waals surface area (Å²) in [6.45, 7) is 0. The normalized spacial score (nSPS) is 13.2. The molecule has 0 saturated heterocycles. The number of amides is 2. The maximum absolute atomic E-state index is 14.4. The van der Waals surface area contributed by atoms with Crippen molar-refractivity contribution >= 4 is 17.4 Å². The minimum absolute atomic E-state index is 0.129. The van der Waals surface area contributed by atoms with E-state index < -0.39 is 18.1 Å². The second kappa shape index (κ2) is 7.75. The van der Waals surface area contributed by atoms with Crippen LogP contribution in [0.1, 0.15) is 5.69 Å². The van der Waals surface area contributed by atoms with Gasteiger partial charge in [-0.25, -0.2) is 14.2 Å². The quantitative estimate of drug-likeness (QED) is 0.616. The van der Waals surface area contributed by atoms with Gasteiger partial charge in [0.25, 0.3) is 0 Å². The average molecular weight is 428 g/mol. The molecule has 2 aromatic carbocycles. The Kier molecular flexibility index (Phi) is 4.96. The van der Waals surface area contributed by atoms with E-state index in [-0.39, 0.29) is 40.1 Å². The number of hydrogen-bond donors (Lipinski definition) is 2. The monoisotopic (exact) mass is 428 g/mol. The van der Waals surface area contributed by atoms with Crippen LogP contribution in [0.3, 0.4) is 0 Å². The average Bonchev–Trinajstić information content (AvgIpc) is 3.03. The summed E-state index contributed by atoms with van der Waals surface area (Å²) in [5.41, 5.74) is 0.119. The Hall–Kier alpha value is -4.46. The van der Waals surface area contributed by atoms with Gasteiger partial charge in [-0.1, -0.05) is 0 Å². The minimum atomic E-state index is -3.78. The summed E-state index contributed by atoms with van der Waals surface area (Å²) in [7, 11) is 0. The summed E-state index contributed by atoms with van der Waals surface area (Å²) in [4.78, 5) is 15.9. The van der Waals surface area contributed by atoms with Gasteiger partial charge in [0.15, 0.2) is 11.5 Å². The van der Waals surface area contributed by atoms with E-state index in [9.17, 15) is 18.0 Å². The Labute approximate surface area is 172 Å². The number of anilines is 2. The van der Waals surface area contributed by atoms with E-state index in [1.807, 2.05) is 6.07 Å². The number of hydrogen-bond acceptors (Lipinski definition) is 6. The van der Waals surface area contributed by atoms with E-state index in [4.69, 9.17) is 10.00 Å². The molecule has 0 spiro atoms. The van der Waals surface area contributed by atoms with Crippen LogP contribution in [0.2, 0.25) is 0 Å². The zero-order valence-corrected chi connectivity index (χ0v) is 15.4. The van der Waals surface area contributed by atoms with Gasteiger partial charge in [0.2, 0.25) is 0 Å². The van der Waals surface area contributed by atoms with E-state index in [0.717, 1.165) is 12.1 Å². The van der Waals surface area contributed by atoms with Crippen molar-refractivity contribution in [1.29, 1.82) is 5.26 Å². The molecule has 0 saturated carbocycles. The van der Waals surface area contributed by atoms with Crippen molar-refractivity contribution < 1.29 is 32.2 Å². The molecule has 156 valence electrons. The van der Waals surface area contributed by atoms with Gasteiger partial charge in [0.1, 0.15) is 29.1 Å². The van der Waals surface area contributed by atoms with Gasteiger partial charge in [-0.05, 0) is 30.3 Å². The molecule has 0 bridgehead atoms. The number of alkyl halides is 2. The predicted molar refractivity (Wildman–Crippen MR) is 101 cm³/mol. The Balaban J connectivity index is 1.40. The van der Waals surface area contributed by atoms with Gasteiger partial charge in [-0.3, -0.25) is 0 Å². The SMILES string of the molecule is N#Cc1cc(Oc2ccc(NC(=O)Nc3ccc4c(c3)OC(F)(F)O4)c(F)c2)ccn1. The van der Waals surface area contributed by atoms with E-state index >= 15 is 0 Å². The number of carbonyl (C=O) groups excluding carboxylic acids is 1. The van der Waals surface area contributed by atoms with Crippen LogP contribution in [-0.4, -0.2) is 17.3 Å². The number of urea groups is 1. The lowest BCUT2D eigenvalue weighted by Crippen LogP contribution is -2.25. The molecule has 1 aromatic heterocycles. The van der Waals surface area contributed by atoms with E-state index in [2.05, 4.69) is 25.1 Å². The third-order valence-electron chi connectivity index (χ3n) is 3.93. The number of aromatic nitrogens is 1. The molecule has 3 aromatic rings. The highest BCUT2D eigenvalue weighted by Gasteiger charge is 2.43. The molecule has 0 radical (unpaired) electrons. The molecule has 1 aliphatic rings. The molecule has 0 unspecified atom stereocenters. The second-order valence-electron chi connectivity index (χ2n) is 6.14. The number of benzene rings is 2. The fraction of sp³-hybridized carbons (Fsp3) is 0.0500. The van der Waals surface area contributed by atoms with Crippen LogP contribution in [0, 0.1) is 17.1 Å². The summed E-state index contributed by atoms with van der Waals surface area (Å²) in [6.07, 6.45) is -2.40. The third kappa shape index (κ3) is 4.59. The zero-order valence-electron chi connectivity index (χ0n) is 15.4. The molecule has 4 rings (SSSR count). The van der Waals surface area contributed by atoms with Crippen LogP contribution in [0.4, 0.5) is 29.3 Å². The molecule has 0 atom stereocenters. The molecule has 0 aliphatic carbocycles. The molecule has 0 fully saturated rings. The molecule has 31 heavy (non-hydrogen) atoms. The maximum atomic E-state index is 14.4. The zero-order chi connectivity index (χ0) is 22.0. The van der Waals surface area contributed by atoms with Crippen molar-refractivity contribution in [1.82, 2.24) is 4.98 Å². The summed E-state index contributed by atoms with van der Waals surface area (Å²) >= 11 is 0. The number of halogens is 3. The number of rotatable bonds is 4. The standard InChI is InChI=1S/C20H11F3N4O4/c21-15-9-13(29-14-5-6-25-12(7-14)10-24)2-3-16(15)27-19(28)26-11-1-4-17-18(8-11)31-20(22,23)30-17/h1-9H,(H2,26,27,28). The summed E-state index contributed by atoms with van der Waals surface area (Å²) in [6, 6.07) is 11.3. The number of ether oxygens (including phenoxy) is 3. The molecule has 1 aliphatic heterocycles. The second-order valence-corrected chi connectivity index (χ2v) is 6.14. The Morgan fingerprint density at radius 2 is 1.81 bits per heavy atom.